The van der Waals surface area contributed by atoms with Crippen LogP contribution < -0.4 is 10.6 Å². The molecule has 0 spiro atoms. The molecular formula is C12H22N2O4. The predicted molar refractivity (Wildman–Crippen MR) is 66.4 cm³/mol. The molecule has 3 unspecified atom stereocenters. The van der Waals surface area contributed by atoms with Gasteiger partial charge >= 0.3 is 12.0 Å². The molecule has 0 aromatic carbocycles. The summed E-state index contributed by atoms with van der Waals surface area (Å²) in [5, 5.41) is 14.2. The van der Waals surface area contributed by atoms with Crippen molar-refractivity contribution in [3.8, 4) is 0 Å². The molecule has 3 N–H and O–H groups in total. The SMILES string of the molecule is COC(CNC(=O)NC1CCCC1C)CC(=O)O. The first-order chi connectivity index (χ1) is 8.52. The summed E-state index contributed by atoms with van der Waals surface area (Å²) in [5.74, 6) is -0.429. The van der Waals surface area contributed by atoms with E-state index in [-0.39, 0.29) is 25.0 Å². The minimum atomic E-state index is -0.937. The number of urea groups is 1. The third kappa shape index (κ3) is 4.91. The van der Waals surface area contributed by atoms with Gasteiger partial charge in [-0.3, -0.25) is 4.79 Å². The van der Waals surface area contributed by atoms with Crippen molar-refractivity contribution >= 4 is 12.0 Å². The number of carboxylic acids is 1. The van der Waals surface area contributed by atoms with Crippen LogP contribution in [0.3, 0.4) is 0 Å². The third-order valence-electron chi connectivity index (χ3n) is 3.40. The van der Waals surface area contributed by atoms with E-state index in [0.29, 0.717) is 5.92 Å². The lowest BCUT2D eigenvalue weighted by atomic mass is 10.1. The largest absolute Gasteiger partial charge is 0.481 e. The van der Waals surface area contributed by atoms with Crippen LogP contribution in [0.4, 0.5) is 4.79 Å². The highest BCUT2D eigenvalue weighted by Gasteiger charge is 2.24. The lowest BCUT2D eigenvalue weighted by Crippen LogP contribution is -2.45. The topological polar surface area (TPSA) is 87.7 Å². The number of methoxy groups -OCH3 is 1. The molecule has 6 heteroatoms. The molecule has 104 valence electrons. The number of carbonyl (C=O) groups excluding carboxylic acids is 1. The second kappa shape index (κ2) is 7.20. The van der Waals surface area contributed by atoms with Gasteiger partial charge in [0, 0.05) is 19.7 Å². The third-order valence-corrected chi connectivity index (χ3v) is 3.40. The van der Waals surface area contributed by atoms with Crippen molar-refractivity contribution in [1.82, 2.24) is 10.6 Å². The predicted octanol–water partition coefficient (Wildman–Crippen LogP) is 0.964. The van der Waals surface area contributed by atoms with Crippen LogP contribution in [-0.4, -0.2) is 42.9 Å². The summed E-state index contributed by atoms with van der Waals surface area (Å²) in [6.07, 6.45) is 2.69. The van der Waals surface area contributed by atoms with Crippen LogP contribution in [-0.2, 0) is 9.53 Å². The molecule has 1 fully saturated rings. The van der Waals surface area contributed by atoms with Gasteiger partial charge in [-0.1, -0.05) is 13.3 Å². The van der Waals surface area contributed by atoms with Crippen molar-refractivity contribution in [1.29, 1.82) is 0 Å². The second-order valence-electron chi connectivity index (χ2n) is 4.82. The normalized spacial score (nSPS) is 24.6. The zero-order chi connectivity index (χ0) is 13.5. The summed E-state index contributed by atoms with van der Waals surface area (Å²) >= 11 is 0. The van der Waals surface area contributed by atoms with Crippen LogP contribution in [0.1, 0.15) is 32.6 Å². The molecular weight excluding hydrogens is 236 g/mol. The van der Waals surface area contributed by atoms with Crippen molar-refractivity contribution in [2.45, 2.75) is 44.8 Å². The van der Waals surface area contributed by atoms with Crippen molar-refractivity contribution in [2.24, 2.45) is 5.92 Å². The highest BCUT2D eigenvalue weighted by molar-refractivity contribution is 5.74. The standard InChI is InChI=1S/C12H22N2O4/c1-8-4-3-5-10(8)14-12(17)13-7-9(18-2)6-11(15)16/h8-10H,3-7H2,1-2H3,(H,15,16)(H2,13,14,17). The number of hydrogen-bond donors (Lipinski definition) is 3. The van der Waals surface area contributed by atoms with Crippen LogP contribution in [0.15, 0.2) is 0 Å². The van der Waals surface area contributed by atoms with Gasteiger partial charge in [-0.2, -0.15) is 0 Å². The number of ether oxygens (including phenoxy) is 1. The van der Waals surface area contributed by atoms with Crippen molar-refractivity contribution in [2.75, 3.05) is 13.7 Å². The van der Waals surface area contributed by atoms with Gasteiger partial charge in [0.25, 0.3) is 0 Å². The molecule has 1 rings (SSSR count). The molecule has 0 heterocycles. The first kappa shape index (κ1) is 14.8. The Morgan fingerprint density at radius 3 is 2.67 bits per heavy atom. The molecule has 18 heavy (non-hydrogen) atoms. The molecule has 1 aliphatic carbocycles. The quantitative estimate of drug-likeness (QED) is 0.662. The van der Waals surface area contributed by atoms with Crippen LogP contribution in [0, 0.1) is 5.92 Å². The Kier molecular flexibility index (Phi) is 5.91. The maximum atomic E-state index is 11.6. The highest BCUT2D eigenvalue weighted by Crippen LogP contribution is 2.24. The van der Waals surface area contributed by atoms with Crippen LogP contribution in [0.5, 0.6) is 0 Å². The van der Waals surface area contributed by atoms with Gasteiger partial charge in [-0.15, -0.1) is 0 Å². The summed E-state index contributed by atoms with van der Waals surface area (Å²) in [6.45, 7) is 2.33. The summed E-state index contributed by atoms with van der Waals surface area (Å²) in [7, 11) is 1.44. The molecule has 0 bridgehead atoms. The van der Waals surface area contributed by atoms with Gasteiger partial charge in [-0.05, 0) is 18.8 Å². The summed E-state index contributed by atoms with van der Waals surface area (Å²) in [4.78, 5) is 22.2. The average molecular weight is 258 g/mol. The van der Waals surface area contributed by atoms with E-state index >= 15 is 0 Å². The molecule has 0 saturated heterocycles. The second-order valence-corrected chi connectivity index (χ2v) is 4.82. The van der Waals surface area contributed by atoms with E-state index in [1.165, 1.54) is 7.11 Å². The van der Waals surface area contributed by atoms with E-state index in [4.69, 9.17) is 9.84 Å². The summed E-state index contributed by atoms with van der Waals surface area (Å²) < 4.78 is 4.98. The van der Waals surface area contributed by atoms with E-state index in [2.05, 4.69) is 17.6 Å². The van der Waals surface area contributed by atoms with Gasteiger partial charge in [0.05, 0.1) is 12.5 Å². The molecule has 3 atom stereocenters. The Hall–Kier alpha value is -1.30. The van der Waals surface area contributed by atoms with Gasteiger partial charge in [-0.25, -0.2) is 4.79 Å². The fourth-order valence-corrected chi connectivity index (χ4v) is 2.22. The number of amides is 2. The summed E-state index contributed by atoms with van der Waals surface area (Å²) in [6, 6.07) is -0.0216. The lowest BCUT2D eigenvalue weighted by Gasteiger charge is -2.19. The van der Waals surface area contributed by atoms with E-state index in [1.807, 2.05) is 0 Å². The maximum Gasteiger partial charge on any atom is 0.315 e. The number of hydrogen-bond acceptors (Lipinski definition) is 3. The molecule has 0 radical (unpaired) electrons. The van der Waals surface area contributed by atoms with Gasteiger partial charge in [0.1, 0.15) is 0 Å². The maximum absolute atomic E-state index is 11.6. The molecule has 2 amide bonds. The lowest BCUT2D eigenvalue weighted by molar-refractivity contribution is -0.139. The fraction of sp³-hybridized carbons (Fsp3) is 0.833. The smallest absolute Gasteiger partial charge is 0.315 e. The Bertz CT molecular complexity index is 296. The Morgan fingerprint density at radius 2 is 2.17 bits per heavy atom. The van der Waals surface area contributed by atoms with E-state index < -0.39 is 12.1 Å². The Balaban J connectivity index is 2.25. The Morgan fingerprint density at radius 1 is 1.44 bits per heavy atom. The van der Waals surface area contributed by atoms with E-state index in [9.17, 15) is 9.59 Å². The van der Waals surface area contributed by atoms with Crippen LogP contribution in [0.25, 0.3) is 0 Å². The number of aliphatic carboxylic acids is 1. The molecule has 0 aliphatic heterocycles. The fourth-order valence-electron chi connectivity index (χ4n) is 2.22. The number of carbonyl (C=O) groups is 2. The number of rotatable bonds is 6. The minimum absolute atomic E-state index is 0.114. The van der Waals surface area contributed by atoms with E-state index in [1.54, 1.807) is 0 Å². The Labute approximate surface area is 107 Å². The number of carboxylic acid groups (broad SMARTS) is 1. The van der Waals surface area contributed by atoms with Gasteiger partial charge in [0.15, 0.2) is 0 Å². The average Bonchev–Trinajstić information content (AvgIpc) is 2.70. The van der Waals surface area contributed by atoms with Crippen molar-refractivity contribution in [3.05, 3.63) is 0 Å². The minimum Gasteiger partial charge on any atom is -0.481 e. The first-order valence-electron chi connectivity index (χ1n) is 6.32. The van der Waals surface area contributed by atoms with Crippen molar-refractivity contribution < 1.29 is 19.4 Å². The first-order valence-corrected chi connectivity index (χ1v) is 6.32. The van der Waals surface area contributed by atoms with Crippen LogP contribution >= 0.6 is 0 Å². The molecule has 0 aromatic heterocycles. The van der Waals surface area contributed by atoms with Gasteiger partial charge in [0.2, 0.25) is 0 Å². The zero-order valence-electron chi connectivity index (χ0n) is 10.9. The molecule has 1 saturated carbocycles. The molecule has 0 aromatic rings. The van der Waals surface area contributed by atoms with Gasteiger partial charge < -0.3 is 20.5 Å². The highest BCUT2D eigenvalue weighted by atomic mass is 16.5. The number of nitrogens with one attached hydrogen (secondary N) is 2. The van der Waals surface area contributed by atoms with Crippen LogP contribution in [0.2, 0.25) is 0 Å². The monoisotopic (exact) mass is 258 g/mol. The summed E-state index contributed by atoms with van der Waals surface area (Å²) in [5.41, 5.74) is 0. The van der Waals surface area contributed by atoms with Crippen molar-refractivity contribution in [3.63, 3.8) is 0 Å². The molecule has 1 aliphatic rings. The molecule has 6 nitrogen and oxygen atoms in total. The van der Waals surface area contributed by atoms with E-state index in [0.717, 1.165) is 19.3 Å². The zero-order valence-corrected chi connectivity index (χ0v) is 10.9.